The number of nitrogens with one attached hydrogen (secondary N) is 1. The molecule has 1 saturated heterocycles. The summed E-state index contributed by atoms with van der Waals surface area (Å²) in [5.41, 5.74) is 1.90. The number of aliphatic imine (C=N–C) groups is 1. The van der Waals surface area contributed by atoms with Gasteiger partial charge >= 0.3 is 5.97 Å². The van der Waals surface area contributed by atoms with E-state index in [1.807, 2.05) is 12.1 Å². The molecule has 2 unspecified atom stereocenters. The van der Waals surface area contributed by atoms with E-state index < -0.39 is 23.8 Å². The molecule has 0 radical (unpaired) electrons. The van der Waals surface area contributed by atoms with Crippen LogP contribution in [-0.4, -0.2) is 67.2 Å². The molecule has 3 aliphatic rings. The van der Waals surface area contributed by atoms with Crippen LogP contribution in [0.4, 0.5) is 0 Å². The second kappa shape index (κ2) is 10.1. The van der Waals surface area contributed by atoms with E-state index in [1.165, 1.54) is 0 Å². The van der Waals surface area contributed by atoms with Gasteiger partial charge in [0.15, 0.2) is 17.4 Å². The lowest BCUT2D eigenvalue weighted by molar-refractivity contribution is -0.153. The molecule has 0 bridgehead atoms. The van der Waals surface area contributed by atoms with Crippen LogP contribution < -0.4 is 14.8 Å². The Kier molecular flexibility index (Phi) is 6.79. The summed E-state index contributed by atoms with van der Waals surface area (Å²) in [6.45, 7) is 5.96. The molecule has 9 nitrogen and oxygen atoms in total. The van der Waals surface area contributed by atoms with Crippen molar-refractivity contribution in [1.82, 2.24) is 15.1 Å². The lowest BCUT2D eigenvalue weighted by Gasteiger charge is -2.39. The van der Waals surface area contributed by atoms with E-state index in [2.05, 4.69) is 21.2 Å². The molecule has 0 aliphatic carbocycles. The predicted molar refractivity (Wildman–Crippen MR) is 129 cm³/mol. The van der Waals surface area contributed by atoms with Gasteiger partial charge in [0.1, 0.15) is 6.04 Å². The standard InChI is InChI=1S/C25H27ClN4O5/c1-2-33-24(32)21-22(17-4-6-18(26)7-5-17)27-25(28-23(21)31)30-11-9-29(10-12-30)14-16-3-8-19-20(13-16)35-15-34-19/h3-8,13,21-22H,2,9-12,14-15H2,1H3,(H,27,28,31). The number of esters is 1. The number of hydrogen-bond donors (Lipinski definition) is 1. The molecule has 1 fully saturated rings. The molecule has 0 spiro atoms. The van der Waals surface area contributed by atoms with Crippen LogP contribution in [0.25, 0.3) is 0 Å². The second-order valence-corrected chi connectivity index (χ2v) is 9.06. The molecule has 184 valence electrons. The van der Waals surface area contributed by atoms with Gasteiger partial charge in [0, 0.05) is 37.7 Å². The first kappa shape index (κ1) is 23.4. The van der Waals surface area contributed by atoms with Gasteiger partial charge in [-0.25, -0.2) is 4.99 Å². The van der Waals surface area contributed by atoms with Crippen molar-refractivity contribution in [3.63, 3.8) is 0 Å². The molecule has 5 rings (SSSR count). The fraction of sp³-hybridized carbons (Fsp3) is 0.400. The van der Waals surface area contributed by atoms with Gasteiger partial charge in [-0.2, -0.15) is 0 Å². The van der Waals surface area contributed by atoms with E-state index in [0.29, 0.717) is 24.1 Å². The van der Waals surface area contributed by atoms with Crippen molar-refractivity contribution >= 4 is 29.4 Å². The van der Waals surface area contributed by atoms with Crippen molar-refractivity contribution in [2.75, 3.05) is 39.6 Å². The number of rotatable bonds is 5. The van der Waals surface area contributed by atoms with Gasteiger partial charge in [-0.1, -0.05) is 29.8 Å². The number of carbonyl (C=O) groups excluding carboxylic acids is 2. The number of nitrogens with zero attached hydrogens (tertiary/aromatic N) is 3. The summed E-state index contributed by atoms with van der Waals surface area (Å²) >= 11 is 6.04. The van der Waals surface area contributed by atoms with Gasteiger partial charge in [-0.15, -0.1) is 0 Å². The van der Waals surface area contributed by atoms with Gasteiger partial charge in [-0.05, 0) is 42.3 Å². The van der Waals surface area contributed by atoms with Gasteiger partial charge in [0.2, 0.25) is 18.7 Å². The lowest BCUT2D eigenvalue weighted by Crippen LogP contribution is -2.57. The molecule has 0 aromatic heterocycles. The number of benzene rings is 2. The van der Waals surface area contributed by atoms with E-state index in [-0.39, 0.29) is 13.4 Å². The third kappa shape index (κ3) is 5.06. The van der Waals surface area contributed by atoms with Crippen LogP contribution >= 0.6 is 11.6 Å². The number of guanidine groups is 1. The van der Waals surface area contributed by atoms with Gasteiger partial charge in [0.25, 0.3) is 0 Å². The van der Waals surface area contributed by atoms with Crippen LogP contribution in [0, 0.1) is 5.92 Å². The predicted octanol–water partition coefficient (Wildman–Crippen LogP) is 2.59. The zero-order valence-corrected chi connectivity index (χ0v) is 20.2. The SMILES string of the molecule is CCOC(=O)C1C(=O)NC(N2CCN(Cc3ccc4c(c3)OCO4)CC2)=NC1c1ccc(Cl)cc1. The minimum atomic E-state index is -1.05. The average Bonchev–Trinajstić information content (AvgIpc) is 3.32. The molecule has 2 aromatic rings. The smallest absolute Gasteiger partial charge is 0.321 e. The molecule has 1 N–H and O–H groups in total. The monoisotopic (exact) mass is 498 g/mol. The van der Waals surface area contributed by atoms with Gasteiger partial charge in [0.05, 0.1) is 6.61 Å². The maximum Gasteiger partial charge on any atom is 0.321 e. The Morgan fingerprint density at radius 2 is 1.86 bits per heavy atom. The number of hydrogen-bond acceptors (Lipinski definition) is 8. The molecule has 2 atom stereocenters. The van der Waals surface area contributed by atoms with Gasteiger partial charge in [-0.3, -0.25) is 19.8 Å². The summed E-state index contributed by atoms with van der Waals surface area (Å²) in [5.74, 6) is 0.00803. The highest BCUT2D eigenvalue weighted by Gasteiger charge is 2.42. The molecule has 10 heteroatoms. The largest absolute Gasteiger partial charge is 0.465 e. The Hall–Kier alpha value is -3.30. The molecule has 1 amide bonds. The maximum absolute atomic E-state index is 13.0. The van der Waals surface area contributed by atoms with Crippen molar-refractivity contribution in [2.24, 2.45) is 10.9 Å². The molecule has 0 saturated carbocycles. The number of fused-ring (bicyclic) bond motifs is 1. The zero-order chi connectivity index (χ0) is 24.4. The number of amides is 1. The molecule has 2 aromatic carbocycles. The fourth-order valence-electron chi connectivity index (χ4n) is 4.54. The number of halogens is 1. The van der Waals surface area contributed by atoms with Gasteiger partial charge < -0.3 is 19.1 Å². The number of piperazine rings is 1. The van der Waals surface area contributed by atoms with E-state index >= 15 is 0 Å². The van der Waals surface area contributed by atoms with Crippen molar-refractivity contribution in [3.05, 3.63) is 58.6 Å². The Balaban J connectivity index is 1.29. The summed E-state index contributed by atoms with van der Waals surface area (Å²) in [6, 6.07) is 12.4. The van der Waals surface area contributed by atoms with Crippen molar-refractivity contribution < 1.29 is 23.8 Å². The second-order valence-electron chi connectivity index (χ2n) is 8.62. The van der Waals surface area contributed by atoms with E-state index in [4.69, 9.17) is 30.8 Å². The molecule has 35 heavy (non-hydrogen) atoms. The molecular weight excluding hydrogens is 472 g/mol. The topological polar surface area (TPSA) is 92.7 Å². The van der Waals surface area contributed by atoms with Crippen LogP contribution in [0.3, 0.4) is 0 Å². The normalized spacial score (nSPS) is 21.9. The highest BCUT2D eigenvalue weighted by molar-refractivity contribution is 6.30. The Labute approximate surface area is 208 Å². The Bertz CT molecular complexity index is 1130. The van der Waals surface area contributed by atoms with Crippen LogP contribution in [0.1, 0.15) is 24.1 Å². The molecular formula is C25H27ClN4O5. The minimum absolute atomic E-state index is 0.192. The van der Waals surface area contributed by atoms with Crippen molar-refractivity contribution in [2.45, 2.75) is 19.5 Å². The average molecular weight is 499 g/mol. The van der Waals surface area contributed by atoms with E-state index in [0.717, 1.165) is 42.3 Å². The van der Waals surface area contributed by atoms with E-state index in [1.54, 1.807) is 31.2 Å². The maximum atomic E-state index is 13.0. The van der Waals surface area contributed by atoms with E-state index in [9.17, 15) is 9.59 Å². The fourth-order valence-corrected chi connectivity index (χ4v) is 4.67. The summed E-state index contributed by atoms with van der Waals surface area (Å²) in [6.07, 6.45) is 0. The van der Waals surface area contributed by atoms with Crippen LogP contribution in [-0.2, 0) is 20.9 Å². The quantitative estimate of drug-likeness (QED) is 0.500. The van der Waals surface area contributed by atoms with Crippen LogP contribution in [0.15, 0.2) is 47.5 Å². The Morgan fingerprint density at radius 1 is 1.11 bits per heavy atom. The summed E-state index contributed by atoms with van der Waals surface area (Å²) in [7, 11) is 0. The number of carbonyl (C=O) groups is 2. The van der Waals surface area contributed by atoms with Crippen molar-refractivity contribution in [3.8, 4) is 11.5 Å². The molecule has 3 aliphatic heterocycles. The third-order valence-electron chi connectivity index (χ3n) is 6.36. The van der Waals surface area contributed by atoms with Crippen LogP contribution in [0.5, 0.6) is 11.5 Å². The Morgan fingerprint density at radius 3 is 2.60 bits per heavy atom. The summed E-state index contributed by atoms with van der Waals surface area (Å²) in [5, 5.41) is 3.41. The highest BCUT2D eigenvalue weighted by Crippen LogP contribution is 2.33. The zero-order valence-electron chi connectivity index (χ0n) is 19.4. The molecule has 3 heterocycles. The first-order valence-electron chi connectivity index (χ1n) is 11.7. The van der Waals surface area contributed by atoms with Crippen molar-refractivity contribution in [1.29, 1.82) is 0 Å². The number of ether oxygens (including phenoxy) is 3. The summed E-state index contributed by atoms with van der Waals surface area (Å²) in [4.78, 5) is 34.9. The lowest BCUT2D eigenvalue weighted by atomic mass is 9.91. The minimum Gasteiger partial charge on any atom is -0.465 e. The first-order chi connectivity index (χ1) is 17.0. The first-order valence-corrected chi connectivity index (χ1v) is 12.1. The highest BCUT2D eigenvalue weighted by atomic mass is 35.5. The third-order valence-corrected chi connectivity index (χ3v) is 6.61. The summed E-state index contributed by atoms with van der Waals surface area (Å²) < 4.78 is 16.0. The van der Waals surface area contributed by atoms with Crippen LogP contribution in [0.2, 0.25) is 5.02 Å².